The Labute approximate surface area is 163 Å². The lowest BCUT2D eigenvalue weighted by Crippen LogP contribution is -2.29. The first-order valence-corrected chi connectivity index (χ1v) is 8.44. The number of nitrogens with one attached hydrogen (secondary N) is 2. The van der Waals surface area contributed by atoms with Crippen molar-refractivity contribution in [3.05, 3.63) is 66.2 Å². The highest BCUT2D eigenvalue weighted by molar-refractivity contribution is 6.65. The third kappa shape index (κ3) is 6.17. The average molecular weight is 379 g/mol. The second-order valence-corrected chi connectivity index (χ2v) is 5.62. The Morgan fingerprint density at radius 3 is 2.11 bits per heavy atom. The minimum absolute atomic E-state index is 0.113. The van der Waals surface area contributed by atoms with Gasteiger partial charge in [-0.15, -0.1) is 5.10 Å². The summed E-state index contributed by atoms with van der Waals surface area (Å²) in [4.78, 5) is 23.9. The number of ether oxygens (including phenoxy) is 1. The highest BCUT2D eigenvalue weighted by atomic mass is 16.5. The fraction of sp³-hybridized carbons (Fsp3) is 0.150. The van der Waals surface area contributed by atoms with Crippen LogP contribution in [0.5, 0.6) is 0 Å². The molecule has 0 aromatic heterocycles. The molecular formula is C20H21N5O3. The van der Waals surface area contributed by atoms with Gasteiger partial charge in [0.15, 0.2) is 5.71 Å². The molecule has 8 nitrogen and oxygen atoms in total. The van der Waals surface area contributed by atoms with Crippen LogP contribution in [0.25, 0.3) is 0 Å². The number of carbonyl (C=O) groups excluding carboxylic acids is 2. The molecule has 0 fully saturated rings. The van der Waals surface area contributed by atoms with E-state index in [4.69, 9.17) is 4.74 Å². The number of hydrazone groups is 1. The quantitative estimate of drug-likeness (QED) is 0.457. The van der Waals surface area contributed by atoms with E-state index in [0.29, 0.717) is 11.4 Å². The highest BCUT2D eigenvalue weighted by Gasteiger charge is 2.16. The fourth-order valence-electron chi connectivity index (χ4n) is 2.09. The van der Waals surface area contributed by atoms with Crippen LogP contribution in [0.4, 0.5) is 10.5 Å². The summed E-state index contributed by atoms with van der Waals surface area (Å²) in [5.74, 6) is -0.712. The molecule has 2 N–H and O–H groups in total. The Morgan fingerprint density at radius 1 is 0.893 bits per heavy atom. The van der Waals surface area contributed by atoms with Gasteiger partial charge in [0, 0.05) is 5.69 Å². The number of hydrogen-bond donors (Lipinski definition) is 2. The number of methoxy groups -OCH3 is 1. The number of esters is 1. The van der Waals surface area contributed by atoms with Crippen LogP contribution in [-0.2, 0) is 9.53 Å². The van der Waals surface area contributed by atoms with E-state index in [1.54, 1.807) is 31.2 Å². The summed E-state index contributed by atoms with van der Waals surface area (Å²) < 4.78 is 4.73. The number of benzene rings is 2. The summed E-state index contributed by atoms with van der Waals surface area (Å²) in [5, 5.41) is 14.5. The minimum atomic E-state index is -0.712. The first kappa shape index (κ1) is 20.5. The maximum atomic E-state index is 12.0. The highest BCUT2D eigenvalue weighted by Crippen LogP contribution is 2.04. The molecule has 0 radical (unpaired) electrons. The van der Waals surface area contributed by atoms with E-state index in [1.165, 1.54) is 14.0 Å². The van der Waals surface area contributed by atoms with Crippen molar-refractivity contribution < 1.29 is 14.3 Å². The van der Waals surface area contributed by atoms with Gasteiger partial charge in [-0.05, 0) is 31.5 Å². The summed E-state index contributed by atoms with van der Waals surface area (Å²) in [6.45, 7) is 3.29. The largest absolute Gasteiger partial charge is 0.464 e. The molecule has 0 aliphatic carbocycles. The number of urea groups is 1. The Balaban J connectivity index is 2.14. The second kappa shape index (κ2) is 10.4. The Morgan fingerprint density at radius 2 is 1.50 bits per heavy atom. The fourth-order valence-corrected chi connectivity index (χ4v) is 2.09. The molecule has 0 aliphatic heterocycles. The van der Waals surface area contributed by atoms with Crippen molar-refractivity contribution in [2.45, 2.75) is 13.8 Å². The van der Waals surface area contributed by atoms with Crippen molar-refractivity contribution in [1.82, 2.24) is 5.43 Å². The summed E-state index contributed by atoms with van der Waals surface area (Å²) >= 11 is 0. The van der Waals surface area contributed by atoms with Gasteiger partial charge in [-0.25, -0.2) is 15.0 Å². The van der Waals surface area contributed by atoms with Crippen LogP contribution in [0.1, 0.15) is 19.4 Å². The predicted octanol–water partition coefficient (Wildman–Crippen LogP) is 3.22. The molecule has 2 aromatic carbocycles. The molecule has 0 saturated carbocycles. The molecule has 2 rings (SSSR count). The molecule has 0 spiro atoms. The Kier molecular flexibility index (Phi) is 7.59. The van der Waals surface area contributed by atoms with E-state index in [-0.39, 0.29) is 11.4 Å². The maximum Gasteiger partial charge on any atom is 0.360 e. The number of para-hydroxylation sites is 1. The van der Waals surface area contributed by atoms with Gasteiger partial charge >= 0.3 is 12.0 Å². The zero-order valence-electron chi connectivity index (χ0n) is 15.8. The third-order valence-corrected chi connectivity index (χ3v) is 3.57. The molecule has 0 unspecified atom stereocenters. The lowest BCUT2D eigenvalue weighted by Gasteiger charge is -2.06. The molecule has 144 valence electrons. The molecule has 0 heterocycles. The lowest BCUT2D eigenvalue weighted by atomic mass is 10.1. The third-order valence-electron chi connectivity index (χ3n) is 3.57. The van der Waals surface area contributed by atoms with E-state index in [2.05, 4.69) is 26.0 Å². The molecule has 2 aromatic rings. The number of rotatable bonds is 6. The number of amides is 2. The molecule has 0 atom stereocenters. The smallest absolute Gasteiger partial charge is 0.360 e. The van der Waals surface area contributed by atoms with Crippen molar-refractivity contribution in [2.24, 2.45) is 15.3 Å². The molecule has 28 heavy (non-hydrogen) atoms. The van der Waals surface area contributed by atoms with Crippen molar-refractivity contribution in [3.63, 3.8) is 0 Å². The summed E-state index contributed by atoms with van der Waals surface area (Å²) in [5.41, 5.74) is 4.44. The van der Waals surface area contributed by atoms with Gasteiger partial charge in [0.05, 0.1) is 18.5 Å². The lowest BCUT2D eigenvalue weighted by molar-refractivity contribution is -0.132. The number of hydrogen-bond acceptors (Lipinski definition) is 6. The van der Waals surface area contributed by atoms with Crippen LogP contribution in [0.15, 0.2) is 76.0 Å². The topological polar surface area (TPSA) is 105 Å². The van der Waals surface area contributed by atoms with Crippen LogP contribution in [0, 0.1) is 0 Å². The summed E-state index contributed by atoms with van der Waals surface area (Å²) in [6, 6.07) is 17.7. The molecule has 2 amide bonds. The predicted molar refractivity (Wildman–Crippen MR) is 110 cm³/mol. The first-order chi connectivity index (χ1) is 13.5. The van der Waals surface area contributed by atoms with Crippen molar-refractivity contribution in [2.75, 3.05) is 12.4 Å². The normalized spacial score (nSPS) is 12.3. The average Bonchev–Trinajstić information content (AvgIpc) is 2.73. The van der Waals surface area contributed by atoms with E-state index < -0.39 is 12.0 Å². The van der Waals surface area contributed by atoms with Gasteiger partial charge in [0.2, 0.25) is 0 Å². The van der Waals surface area contributed by atoms with Gasteiger partial charge in [0.25, 0.3) is 0 Å². The minimum Gasteiger partial charge on any atom is -0.464 e. The van der Waals surface area contributed by atoms with E-state index in [9.17, 15) is 9.59 Å². The van der Waals surface area contributed by atoms with Crippen LogP contribution in [0.3, 0.4) is 0 Å². The number of carbonyl (C=O) groups is 2. The molecule has 0 aliphatic rings. The van der Waals surface area contributed by atoms with Gasteiger partial charge in [0.1, 0.15) is 0 Å². The molecule has 8 heteroatoms. The number of anilines is 1. The monoisotopic (exact) mass is 379 g/mol. The zero-order chi connectivity index (χ0) is 20.4. The van der Waals surface area contributed by atoms with Crippen molar-refractivity contribution in [3.8, 4) is 0 Å². The second-order valence-electron chi connectivity index (χ2n) is 5.62. The van der Waals surface area contributed by atoms with E-state index in [0.717, 1.165) is 5.56 Å². The Bertz CT molecular complexity index is 906. The maximum absolute atomic E-state index is 12.0. The summed E-state index contributed by atoms with van der Waals surface area (Å²) in [6.07, 6.45) is 0. The van der Waals surface area contributed by atoms with Crippen LogP contribution in [-0.4, -0.2) is 36.2 Å². The van der Waals surface area contributed by atoms with Gasteiger partial charge in [-0.2, -0.15) is 10.2 Å². The van der Waals surface area contributed by atoms with Crippen LogP contribution in [0.2, 0.25) is 0 Å². The van der Waals surface area contributed by atoms with E-state index in [1.807, 2.05) is 36.4 Å². The van der Waals surface area contributed by atoms with Gasteiger partial charge in [-0.3, -0.25) is 0 Å². The Hall–Kier alpha value is -3.81. The van der Waals surface area contributed by atoms with Crippen molar-refractivity contribution >= 4 is 34.8 Å². The number of nitrogens with zero attached hydrogens (tertiary/aromatic N) is 3. The van der Waals surface area contributed by atoms with E-state index >= 15 is 0 Å². The van der Waals surface area contributed by atoms with Gasteiger partial charge < -0.3 is 10.1 Å². The molecule has 0 bridgehead atoms. The molecule has 0 saturated heterocycles. The SMILES string of the molecule is COC(=O)C(=N\N=C(/C)c1ccccc1)/C(C)=N/NC(=O)Nc1ccccc1. The van der Waals surface area contributed by atoms with Crippen LogP contribution < -0.4 is 10.7 Å². The van der Waals surface area contributed by atoms with Gasteiger partial charge in [-0.1, -0.05) is 48.5 Å². The first-order valence-electron chi connectivity index (χ1n) is 8.44. The van der Waals surface area contributed by atoms with Crippen molar-refractivity contribution in [1.29, 1.82) is 0 Å². The zero-order valence-corrected chi connectivity index (χ0v) is 15.8. The summed E-state index contributed by atoms with van der Waals surface area (Å²) in [7, 11) is 1.23. The van der Waals surface area contributed by atoms with Crippen LogP contribution >= 0.6 is 0 Å². The standard InChI is InChI=1S/C20H21N5O3/c1-14(16-10-6-4-7-11-16)22-24-18(19(26)28-3)15(2)23-25-20(27)21-17-12-8-5-9-13-17/h4-13H,1-3H3,(H2,21,25,27)/b22-14+,23-15+,24-18-. The molecular weight excluding hydrogens is 358 g/mol.